The summed E-state index contributed by atoms with van der Waals surface area (Å²) in [6.45, 7) is -0.133. The minimum absolute atomic E-state index is 0.133. The molecule has 6 heteroatoms. The van der Waals surface area contributed by atoms with Gasteiger partial charge in [-0.1, -0.05) is 36.4 Å². The molecule has 1 amide bonds. The second kappa shape index (κ2) is 7.44. The summed E-state index contributed by atoms with van der Waals surface area (Å²) in [6.07, 6.45) is 0. The summed E-state index contributed by atoms with van der Waals surface area (Å²) >= 11 is 0. The number of rotatable bonds is 5. The average molecular weight is 374 g/mol. The van der Waals surface area contributed by atoms with Gasteiger partial charge in [0, 0.05) is 18.8 Å². The Bertz CT molecular complexity index is 1160. The van der Waals surface area contributed by atoms with Crippen LogP contribution in [0, 0.1) is 0 Å². The molecule has 0 aliphatic heterocycles. The van der Waals surface area contributed by atoms with E-state index in [1.54, 1.807) is 25.2 Å². The summed E-state index contributed by atoms with van der Waals surface area (Å²) in [5, 5.41) is 0. The maximum atomic E-state index is 12.7. The highest BCUT2D eigenvalue weighted by atomic mass is 16.5. The van der Waals surface area contributed by atoms with E-state index in [9.17, 15) is 9.59 Å². The second-order valence-electron chi connectivity index (χ2n) is 6.29. The van der Waals surface area contributed by atoms with Crippen LogP contribution >= 0.6 is 0 Å². The molecule has 6 nitrogen and oxygen atoms in total. The van der Waals surface area contributed by atoms with Crippen molar-refractivity contribution >= 4 is 22.7 Å². The molecular formula is C22H18N2O4. The summed E-state index contributed by atoms with van der Waals surface area (Å²) in [5.41, 5.74) is 1.66. The van der Waals surface area contributed by atoms with Gasteiger partial charge in [0.15, 0.2) is 5.58 Å². The largest absolute Gasteiger partial charge is 0.457 e. The number of amides is 1. The zero-order valence-corrected chi connectivity index (χ0v) is 15.2. The highest BCUT2D eigenvalue weighted by Crippen LogP contribution is 2.25. The lowest BCUT2D eigenvalue weighted by Gasteiger charge is -2.17. The molecule has 0 aliphatic rings. The van der Waals surface area contributed by atoms with Crippen LogP contribution in [0.1, 0.15) is 0 Å². The van der Waals surface area contributed by atoms with Crippen molar-refractivity contribution in [3.63, 3.8) is 0 Å². The first-order valence-electron chi connectivity index (χ1n) is 8.80. The number of hydrogen-bond donors (Lipinski definition) is 0. The number of hydrogen-bond acceptors (Lipinski definition) is 4. The second-order valence-corrected chi connectivity index (χ2v) is 6.29. The van der Waals surface area contributed by atoms with Gasteiger partial charge in [0.2, 0.25) is 5.91 Å². The predicted octanol–water partition coefficient (Wildman–Crippen LogP) is 4.05. The summed E-state index contributed by atoms with van der Waals surface area (Å²) in [4.78, 5) is 26.5. The van der Waals surface area contributed by atoms with Gasteiger partial charge in [0.1, 0.15) is 18.0 Å². The highest BCUT2D eigenvalue weighted by Gasteiger charge is 2.17. The number of oxazole rings is 1. The lowest BCUT2D eigenvalue weighted by atomic mass is 10.3. The number of carbonyl (C=O) groups excluding carboxylic acids is 1. The zero-order valence-electron chi connectivity index (χ0n) is 15.2. The molecule has 28 heavy (non-hydrogen) atoms. The van der Waals surface area contributed by atoms with E-state index in [0.29, 0.717) is 22.6 Å². The molecule has 0 fully saturated rings. The van der Waals surface area contributed by atoms with Crippen molar-refractivity contribution in [3.05, 3.63) is 89.4 Å². The fourth-order valence-corrected chi connectivity index (χ4v) is 2.92. The third-order valence-corrected chi connectivity index (χ3v) is 4.43. The number of aromatic nitrogens is 1. The Labute approximate surface area is 161 Å². The Morgan fingerprint density at radius 3 is 2.36 bits per heavy atom. The number of fused-ring (bicyclic) bond motifs is 1. The molecule has 0 saturated heterocycles. The topological polar surface area (TPSA) is 64.7 Å². The first-order chi connectivity index (χ1) is 13.6. The number of nitrogens with zero attached hydrogens (tertiary/aromatic N) is 2. The van der Waals surface area contributed by atoms with Crippen LogP contribution in [0.5, 0.6) is 11.5 Å². The van der Waals surface area contributed by atoms with Crippen molar-refractivity contribution in [2.45, 2.75) is 6.54 Å². The van der Waals surface area contributed by atoms with Crippen molar-refractivity contribution in [2.24, 2.45) is 0 Å². The Morgan fingerprint density at radius 1 is 0.964 bits per heavy atom. The minimum atomic E-state index is -0.582. The molecule has 1 heterocycles. The molecule has 0 atom stereocenters. The Hall–Kier alpha value is -3.80. The normalized spacial score (nSPS) is 10.8. The lowest BCUT2D eigenvalue weighted by Crippen LogP contribution is -2.32. The molecule has 0 spiro atoms. The molecule has 0 aliphatic carbocycles. The fraction of sp³-hybridized carbons (Fsp3) is 0.0909. The highest BCUT2D eigenvalue weighted by molar-refractivity contribution is 5.93. The van der Waals surface area contributed by atoms with Gasteiger partial charge in [0.05, 0.1) is 5.52 Å². The van der Waals surface area contributed by atoms with Gasteiger partial charge in [-0.05, 0) is 36.4 Å². The van der Waals surface area contributed by atoms with Crippen molar-refractivity contribution < 1.29 is 13.9 Å². The number of carbonyl (C=O) groups is 1. The molecule has 0 bridgehead atoms. The van der Waals surface area contributed by atoms with E-state index < -0.39 is 5.76 Å². The quantitative estimate of drug-likeness (QED) is 0.529. The number of likely N-dealkylation sites (N-methyl/N-ethyl adjacent to an activating group) is 1. The standard InChI is InChI=1S/C22H18N2O4/c1-23(16-8-4-2-5-9-16)21(25)15-24-19-14-18(12-13-20(19)28-22(24)26)27-17-10-6-3-7-11-17/h2-14H,15H2,1H3. The number of benzene rings is 3. The number of anilines is 1. The Morgan fingerprint density at radius 2 is 1.64 bits per heavy atom. The molecule has 0 unspecified atom stereocenters. The predicted molar refractivity (Wildman–Crippen MR) is 107 cm³/mol. The van der Waals surface area contributed by atoms with Crippen molar-refractivity contribution in [1.29, 1.82) is 0 Å². The molecule has 3 aromatic carbocycles. The van der Waals surface area contributed by atoms with E-state index in [1.807, 2.05) is 60.7 Å². The van der Waals surface area contributed by atoms with Gasteiger partial charge in [-0.3, -0.25) is 9.36 Å². The van der Waals surface area contributed by atoms with Crippen molar-refractivity contribution in [3.8, 4) is 11.5 Å². The average Bonchev–Trinajstić information content (AvgIpc) is 3.03. The first kappa shape index (κ1) is 17.6. The molecule has 0 N–H and O–H groups in total. The molecule has 4 rings (SSSR count). The van der Waals surface area contributed by atoms with Gasteiger partial charge in [0.25, 0.3) is 0 Å². The van der Waals surface area contributed by atoms with Crippen LogP contribution in [-0.2, 0) is 11.3 Å². The van der Waals surface area contributed by atoms with E-state index in [1.165, 1.54) is 9.47 Å². The van der Waals surface area contributed by atoms with Crippen LogP contribution in [0.4, 0.5) is 5.69 Å². The number of ether oxygens (including phenoxy) is 1. The van der Waals surface area contributed by atoms with Crippen molar-refractivity contribution in [2.75, 3.05) is 11.9 Å². The van der Waals surface area contributed by atoms with Crippen LogP contribution in [0.2, 0.25) is 0 Å². The molecule has 0 radical (unpaired) electrons. The minimum Gasteiger partial charge on any atom is -0.457 e. The lowest BCUT2D eigenvalue weighted by molar-refractivity contribution is -0.118. The molecule has 0 saturated carbocycles. The summed E-state index contributed by atoms with van der Waals surface area (Å²) in [7, 11) is 1.68. The molecule has 140 valence electrons. The molecular weight excluding hydrogens is 356 g/mol. The molecule has 1 aromatic heterocycles. The maximum absolute atomic E-state index is 12.7. The Balaban J connectivity index is 1.63. The van der Waals surface area contributed by atoms with Gasteiger partial charge in [-0.15, -0.1) is 0 Å². The van der Waals surface area contributed by atoms with Gasteiger partial charge in [-0.25, -0.2) is 4.79 Å². The maximum Gasteiger partial charge on any atom is 0.420 e. The summed E-state index contributed by atoms with van der Waals surface area (Å²) in [6, 6.07) is 23.7. The summed E-state index contributed by atoms with van der Waals surface area (Å²) in [5.74, 6) is 0.420. The van der Waals surface area contributed by atoms with Gasteiger partial charge >= 0.3 is 5.76 Å². The van der Waals surface area contributed by atoms with Crippen LogP contribution in [0.3, 0.4) is 0 Å². The van der Waals surface area contributed by atoms with Gasteiger partial charge in [-0.2, -0.15) is 0 Å². The first-order valence-corrected chi connectivity index (χ1v) is 8.80. The number of para-hydroxylation sites is 2. The molecule has 4 aromatic rings. The van der Waals surface area contributed by atoms with Crippen molar-refractivity contribution in [1.82, 2.24) is 4.57 Å². The van der Waals surface area contributed by atoms with E-state index in [4.69, 9.17) is 9.15 Å². The van der Waals surface area contributed by atoms with E-state index in [2.05, 4.69) is 0 Å². The van der Waals surface area contributed by atoms with Crippen LogP contribution in [0.15, 0.2) is 88.1 Å². The van der Waals surface area contributed by atoms with E-state index in [0.717, 1.165) is 5.69 Å². The third kappa shape index (κ3) is 3.53. The van der Waals surface area contributed by atoms with E-state index in [-0.39, 0.29) is 12.5 Å². The monoisotopic (exact) mass is 374 g/mol. The van der Waals surface area contributed by atoms with Crippen LogP contribution < -0.4 is 15.4 Å². The zero-order chi connectivity index (χ0) is 19.5. The fourth-order valence-electron chi connectivity index (χ4n) is 2.92. The smallest absolute Gasteiger partial charge is 0.420 e. The van der Waals surface area contributed by atoms with Crippen LogP contribution in [0.25, 0.3) is 11.1 Å². The van der Waals surface area contributed by atoms with Crippen LogP contribution in [-0.4, -0.2) is 17.5 Å². The summed E-state index contributed by atoms with van der Waals surface area (Å²) < 4.78 is 12.4. The SMILES string of the molecule is CN(C(=O)Cn1c(=O)oc2ccc(Oc3ccccc3)cc21)c1ccccc1. The van der Waals surface area contributed by atoms with Gasteiger partial charge < -0.3 is 14.1 Å². The Kier molecular flexibility index (Phi) is 4.68. The third-order valence-electron chi connectivity index (χ3n) is 4.43. The van der Waals surface area contributed by atoms with E-state index >= 15 is 0 Å².